The molecule has 0 radical (unpaired) electrons. The third-order valence-corrected chi connectivity index (χ3v) is 5.33. The largest absolute Gasteiger partial charge is 0.495 e. The number of aliphatic imine (C=N–C) groups is 1. The number of methoxy groups -OCH3 is 1. The molecule has 2 amide bonds. The Morgan fingerprint density at radius 3 is 2.88 bits per heavy atom. The molecular weight excluding hydrogens is 362 g/mol. The maximum Gasteiger partial charge on any atom is 0.240 e. The van der Waals surface area contributed by atoms with Crippen LogP contribution in [0, 0.1) is 6.92 Å². The Morgan fingerprint density at radius 2 is 2.24 bits per heavy atom. The van der Waals surface area contributed by atoms with Gasteiger partial charge in [0, 0.05) is 23.6 Å². The van der Waals surface area contributed by atoms with Gasteiger partial charge in [0.25, 0.3) is 0 Å². The molecule has 0 aromatic heterocycles. The molecule has 1 saturated heterocycles. The Bertz CT molecular complexity index is 709. The zero-order chi connectivity index (χ0) is 18.6. The SMILES string of the molecule is CC[C@@H](C)N=C1NC(=O)[C@@H](CC(=O)Nc2cc(C)c(Cl)cc2OC)S1. The molecule has 136 valence electrons. The summed E-state index contributed by atoms with van der Waals surface area (Å²) in [5.74, 6) is 0.0189. The number of carbonyl (C=O) groups is 2. The fourth-order valence-corrected chi connectivity index (χ4v) is 3.42. The molecule has 0 saturated carbocycles. The number of ether oxygens (including phenoxy) is 1. The van der Waals surface area contributed by atoms with E-state index in [0.29, 0.717) is 21.6 Å². The van der Waals surface area contributed by atoms with E-state index < -0.39 is 5.25 Å². The highest BCUT2D eigenvalue weighted by molar-refractivity contribution is 8.15. The molecule has 8 heteroatoms. The van der Waals surface area contributed by atoms with Gasteiger partial charge in [-0.3, -0.25) is 14.6 Å². The second-order valence-corrected chi connectivity index (χ2v) is 7.44. The molecule has 1 fully saturated rings. The predicted octanol–water partition coefficient (Wildman–Crippen LogP) is 3.37. The summed E-state index contributed by atoms with van der Waals surface area (Å²) in [6, 6.07) is 3.54. The van der Waals surface area contributed by atoms with Gasteiger partial charge in [-0.25, -0.2) is 0 Å². The summed E-state index contributed by atoms with van der Waals surface area (Å²) in [4.78, 5) is 28.8. The summed E-state index contributed by atoms with van der Waals surface area (Å²) in [6.45, 7) is 5.85. The van der Waals surface area contributed by atoms with Gasteiger partial charge in [-0.05, 0) is 31.9 Å². The van der Waals surface area contributed by atoms with Crippen molar-refractivity contribution in [1.29, 1.82) is 0 Å². The number of amides is 2. The predicted molar refractivity (Wildman–Crippen MR) is 103 cm³/mol. The highest BCUT2D eigenvalue weighted by Crippen LogP contribution is 2.31. The normalized spacial score (nSPS) is 19.6. The fourth-order valence-electron chi connectivity index (χ4n) is 2.19. The van der Waals surface area contributed by atoms with Crippen LogP contribution in [0.5, 0.6) is 5.75 Å². The van der Waals surface area contributed by atoms with E-state index >= 15 is 0 Å². The second-order valence-electron chi connectivity index (χ2n) is 5.84. The van der Waals surface area contributed by atoms with Crippen LogP contribution in [0.4, 0.5) is 5.69 Å². The summed E-state index contributed by atoms with van der Waals surface area (Å²) < 4.78 is 5.24. The highest BCUT2D eigenvalue weighted by atomic mass is 35.5. The molecule has 2 rings (SSSR count). The Labute approximate surface area is 156 Å². The van der Waals surface area contributed by atoms with Crippen molar-refractivity contribution >= 4 is 46.0 Å². The lowest BCUT2D eigenvalue weighted by molar-refractivity contribution is -0.122. The van der Waals surface area contributed by atoms with Gasteiger partial charge in [0.15, 0.2) is 5.17 Å². The van der Waals surface area contributed by atoms with Crippen molar-refractivity contribution in [2.45, 2.75) is 44.9 Å². The average Bonchev–Trinajstić information content (AvgIpc) is 2.89. The Balaban J connectivity index is 2.03. The molecule has 0 spiro atoms. The summed E-state index contributed by atoms with van der Waals surface area (Å²) in [6.07, 6.45) is 0.946. The number of rotatable bonds is 6. The number of benzene rings is 1. The molecule has 1 aliphatic heterocycles. The Morgan fingerprint density at radius 1 is 1.52 bits per heavy atom. The number of hydrogen-bond donors (Lipinski definition) is 2. The van der Waals surface area contributed by atoms with Gasteiger partial charge in [0.1, 0.15) is 11.0 Å². The van der Waals surface area contributed by atoms with E-state index in [9.17, 15) is 9.59 Å². The van der Waals surface area contributed by atoms with E-state index in [1.54, 1.807) is 12.1 Å². The van der Waals surface area contributed by atoms with Gasteiger partial charge >= 0.3 is 0 Å². The number of thioether (sulfide) groups is 1. The van der Waals surface area contributed by atoms with Gasteiger partial charge in [0.2, 0.25) is 11.8 Å². The molecule has 25 heavy (non-hydrogen) atoms. The van der Waals surface area contributed by atoms with Crippen LogP contribution in [0.25, 0.3) is 0 Å². The zero-order valence-corrected chi connectivity index (χ0v) is 16.3. The smallest absolute Gasteiger partial charge is 0.240 e. The second kappa shape index (κ2) is 8.58. The maximum atomic E-state index is 12.3. The number of nitrogens with one attached hydrogen (secondary N) is 2. The summed E-state index contributed by atoms with van der Waals surface area (Å²) in [5.41, 5.74) is 1.36. The van der Waals surface area contributed by atoms with Crippen molar-refractivity contribution < 1.29 is 14.3 Å². The van der Waals surface area contributed by atoms with Gasteiger partial charge in [-0.2, -0.15) is 0 Å². The first-order valence-corrected chi connectivity index (χ1v) is 9.29. The standard InChI is InChI=1S/C17H22ClN3O3S/c1-5-10(3)19-17-21-16(23)14(25-17)8-15(22)20-12-6-9(2)11(18)7-13(12)24-4/h6-7,10,14H,5,8H2,1-4H3,(H,20,22)(H,19,21,23)/t10-,14-/m1/s1. The van der Waals surface area contributed by atoms with E-state index in [1.165, 1.54) is 18.9 Å². The van der Waals surface area contributed by atoms with Crippen LogP contribution >= 0.6 is 23.4 Å². The lowest BCUT2D eigenvalue weighted by Crippen LogP contribution is -2.28. The number of hydrogen-bond acceptors (Lipinski definition) is 5. The lowest BCUT2D eigenvalue weighted by atomic mass is 10.2. The Kier molecular flexibility index (Phi) is 6.72. The third kappa shape index (κ3) is 5.12. The third-order valence-electron chi connectivity index (χ3n) is 3.83. The molecule has 1 heterocycles. The molecule has 1 aromatic carbocycles. The summed E-state index contributed by atoms with van der Waals surface area (Å²) >= 11 is 7.36. The van der Waals surface area contributed by atoms with E-state index in [0.717, 1.165) is 12.0 Å². The van der Waals surface area contributed by atoms with Gasteiger partial charge in [-0.15, -0.1) is 0 Å². The number of aryl methyl sites for hydroxylation is 1. The molecular formula is C17H22ClN3O3S. The fraction of sp³-hybridized carbons (Fsp3) is 0.471. The quantitative estimate of drug-likeness (QED) is 0.789. The first kappa shape index (κ1) is 19.6. The monoisotopic (exact) mass is 383 g/mol. The van der Waals surface area contributed by atoms with Crippen molar-refractivity contribution in [3.8, 4) is 5.75 Å². The molecule has 2 atom stereocenters. The topological polar surface area (TPSA) is 79.8 Å². The first-order valence-electron chi connectivity index (χ1n) is 8.03. The van der Waals surface area contributed by atoms with Crippen LogP contribution in [0.1, 0.15) is 32.3 Å². The van der Waals surface area contributed by atoms with Crippen LogP contribution in [-0.2, 0) is 9.59 Å². The van der Waals surface area contributed by atoms with Crippen molar-refractivity contribution in [2.24, 2.45) is 4.99 Å². The molecule has 6 nitrogen and oxygen atoms in total. The van der Waals surface area contributed by atoms with E-state index in [-0.39, 0.29) is 24.3 Å². The minimum absolute atomic E-state index is 0.0564. The van der Waals surface area contributed by atoms with Gasteiger partial charge in [-0.1, -0.05) is 30.3 Å². The molecule has 2 N–H and O–H groups in total. The van der Waals surface area contributed by atoms with Crippen LogP contribution < -0.4 is 15.4 Å². The molecule has 1 aromatic rings. The number of anilines is 1. The minimum Gasteiger partial charge on any atom is -0.495 e. The average molecular weight is 384 g/mol. The summed E-state index contributed by atoms with van der Waals surface area (Å²) in [5, 5.41) is 6.18. The summed E-state index contributed by atoms with van der Waals surface area (Å²) in [7, 11) is 1.51. The number of nitrogens with zero attached hydrogens (tertiary/aromatic N) is 1. The molecule has 0 aliphatic carbocycles. The van der Waals surface area contributed by atoms with E-state index in [4.69, 9.17) is 16.3 Å². The molecule has 0 bridgehead atoms. The Hall–Kier alpha value is -1.73. The first-order chi connectivity index (χ1) is 11.8. The number of halogens is 1. The molecule has 0 unspecified atom stereocenters. The molecule has 1 aliphatic rings. The highest BCUT2D eigenvalue weighted by Gasteiger charge is 2.32. The number of carbonyl (C=O) groups excluding carboxylic acids is 2. The van der Waals surface area contributed by atoms with Crippen LogP contribution in [0.3, 0.4) is 0 Å². The van der Waals surface area contributed by atoms with Crippen LogP contribution in [-0.4, -0.2) is 35.4 Å². The minimum atomic E-state index is -0.484. The maximum absolute atomic E-state index is 12.3. The van der Waals surface area contributed by atoms with E-state index in [1.807, 2.05) is 20.8 Å². The van der Waals surface area contributed by atoms with Crippen molar-refractivity contribution in [3.05, 3.63) is 22.7 Å². The van der Waals surface area contributed by atoms with Crippen molar-refractivity contribution in [3.63, 3.8) is 0 Å². The van der Waals surface area contributed by atoms with E-state index in [2.05, 4.69) is 15.6 Å². The van der Waals surface area contributed by atoms with Crippen LogP contribution in [0.2, 0.25) is 5.02 Å². The van der Waals surface area contributed by atoms with Crippen LogP contribution in [0.15, 0.2) is 17.1 Å². The van der Waals surface area contributed by atoms with Gasteiger partial charge in [0.05, 0.1) is 12.8 Å². The number of amidine groups is 1. The van der Waals surface area contributed by atoms with Gasteiger partial charge < -0.3 is 15.4 Å². The van der Waals surface area contributed by atoms with Crippen molar-refractivity contribution in [2.75, 3.05) is 12.4 Å². The zero-order valence-electron chi connectivity index (χ0n) is 14.7. The lowest BCUT2D eigenvalue weighted by Gasteiger charge is -2.13. The van der Waals surface area contributed by atoms with Crippen molar-refractivity contribution in [1.82, 2.24) is 5.32 Å².